The van der Waals surface area contributed by atoms with Crippen LogP contribution in [0.1, 0.15) is 27.2 Å². The van der Waals surface area contributed by atoms with Crippen LogP contribution in [-0.4, -0.2) is 15.1 Å². The molecule has 2 aromatic rings. The molecule has 0 atom stereocenters. The molecule has 3 heteroatoms. The van der Waals surface area contributed by atoms with Crippen molar-refractivity contribution in [2.24, 2.45) is 7.05 Å². The zero-order chi connectivity index (χ0) is 11.8. The summed E-state index contributed by atoms with van der Waals surface area (Å²) in [5.41, 5.74) is 2.28. The van der Waals surface area contributed by atoms with Gasteiger partial charge in [-0.05, 0) is 32.4 Å². The van der Waals surface area contributed by atoms with E-state index in [1.807, 2.05) is 25.2 Å². The van der Waals surface area contributed by atoms with E-state index in [4.69, 9.17) is 0 Å². The molecule has 0 aliphatic carbocycles. The average molecular weight is 217 g/mol. The predicted octanol–water partition coefficient (Wildman–Crippen LogP) is 3.17. The molecule has 0 unspecified atom stereocenters. The van der Waals surface area contributed by atoms with Gasteiger partial charge in [-0.2, -0.15) is 0 Å². The number of benzene rings is 1. The lowest BCUT2D eigenvalue weighted by atomic mass is 10.0. The number of imidazole rings is 1. The van der Waals surface area contributed by atoms with Crippen LogP contribution in [0.15, 0.2) is 24.3 Å². The SMILES string of the molecule is CCC(C)(C)Nc1nc2ccccc2n1C. The Morgan fingerprint density at radius 2 is 2.00 bits per heavy atom. The maximum atomic E-state index is 4.60. The molecule has 2 rings (SSSR count). The van der Waals surface area contributed by atoms with E-state index in [9.17, 15) is 0 Å². The topological polar surface area (TPSA) is 29.9 Å². The van der Waals surface area contributed by atoms with Crippen LogP contribution < -0.4 is 5.32 Å². The first-order valence-corrected chi connectivity index (χ1v) is 5.73. The van der Waals surface area contributed by atoms with Crippen LogP contribution in [0.3, 0.4) is 0 Å². The number of anilines is 1. The summed E-state index contributed by atoms with van der Waals surface area (Å²) < 4.78 is 2.10. The van der Waals surface area contributed by atoms with Crippen molar-refractivity contribution < 1.29 is 0 Å². The van der Waals surface area contributed by atoms with Gasteiger partial charge in [0.15, 0.2) is 0 Å². The highest BCUT2D eigenvalue weighted by molar-refractivity contribution is 5.78. The normalized spacial score (nSPS) is 12.0. The van der Waals surface area contributed by atoms with Gasteiger partial charge in [-0.15, -0.1) is 0 Å². The van der Waals surface area contributed by atoms with Crippen molar-refractivity contribution in [1.82, 2.24) is 9.55 Å². The minimum atomic E-state index is 0.0785. The molecule has 0 aliphatic rings. The Hall–Kier alpha value is -1.51. The Balaban J connectivity index is 2.42. The molecule has 16 heavy (non-hydrogen) atoms. The van der Waals surface area contributed by atoms with Crippen molar-refractivity contribution in [2.45, 2.75) is 32.7 Å². The number of fused-ring (bicyclic) bond motifs is 1. The van der Waals surface area contributed by atoms with Crippen molar-refractivity contribution in [3.05, 3.63) is 24.3 Å². The standard InChI is InChI=1S/C13H19N3/c1-5-13(2,3)15-12-14-10-8-6-7-9-11(10)16(12)4/h6-9H,5H2,1-4H3,(H,14,15). The lowest BCUT2D eigenvalue weighted by Gasteiger charge is -2.24. The van der Waals surface area contributed by atoms with Gasteiger partial charge < -0.3 is 9.88 Å². The fourth-order valence-corrected chi connectivity index (χ4v) is 1.65. The summed E-state index contributed by atoms with van der Waals surface area (Å²) in [5.74, 6) is 0.938. The summed E-state index contributed by atoms with van der Waals surface area (Å²) in [5, 5.41) is 3.48. The van der Waals surface area contributed by atoms with Crippen LogP contribution >= 0.6 is 0 Å². The summed E-state index contributed by atoms with van der Waals surface area (Å²) in [6.45, 7) is 6.55. The van der Waals surface area contributed by atoms with Gasteiger partial charge >= 0.3 is 0 Å². The number of nitrogens with zero attached hydrogens (tertiary/aromatic N) is 2. The van der Waals surface area contributed by atoms with Crippen LogP contribution in [-0.2, 0) is 7.05 Å². The molecule has 1 heterocycles. The van der Waals surface area contributed by atoms with Crippen LogP contribution in [0.2, 0.25) is 0 Å². The Kier molecular flexibility index (Phi) is 2.62. The smallest absolute Gasteiger partial charge is 0.204 e. The second kappa shape index (κ2) is 3.81. The molecular formula is C13H19N3. The van der Waals surface area contributed by atoms with E-state index >= 15 is 0 Å². The minimum absolute atomic E-state index is 0.0785. The van der Waals surface area contributed by atoms with Crippen molar-refractivity contribution in [1.29, 1.82) is 0 Å². The Labute approximate surface area is 96.5 Å². The van der Waals surface area contributed by atoms with Crippen molar-refractivity contribution in [2.75, 3.05) is 5.32 Å². The predicted molar refractivity (Wildman–Crippen MR) is 68.7 cm³/mol. The van der Waals surface area contributed by atoms with E-state index in [1.165, 1.54) is 0 Å². The number of hydrogen-bond donors (Lipinski definition) is 1. The second-order valence-corrected chi connectivity index (χ2v) is 4.85. The van der Waals surface area contributed by atoms with Gasteiger partial charge in [0.05, 0.1) is 11.0 Å². The van der Waals surface area contributed by atoms with Crippen molar-refractivity contribution >= 4 is 17.0 Å². The molecule has 0 saturated heterocycles. The maximum Gasteiger partial charge on any atom is 0.204 e. The monoisotopic (exact) mass is 217 g/mol. The first-order chi connectivity index (χ1) is 7.53. The molecule has 0 saturated carbocycles. The summed E-state index contributed by atoms with van der Waals surface area (Å²) >= 11 is 0. The lowest BCUT2D eigenvalue weighted by molar-refractivity contribution is 0.539. The highest BCUT2D eigenvalue weighted by Crippen LogP contribution is 2.21. The molecule has 3 nitrogen and oxygen atoms in total. The molecule has 0 fully saturated rings. The van der Waals surface area contributed by atoms with Crippen molar-refractivity contribution in [3.8, 4) is 0 Å². The zero-order valence-corrected chi connectivity index (χ0v) is 10.4. The third-order valence-corrected chi connectivity index (χ3v) is 3.12. The van der Waals surface area contributed by atoms with Gasteiger partial charge in [-0.3, -0.25) is 0 Å². The number of nitrogens with one attached hydrogen (secondary N) is 1. The number of rotatable bonds is 3. The largest absolute Gasteiger partial charge is 0.351 e. The van der Waals surface area contributed by atoms with E-state index in [2.05, 4.69) is 41.7 Å². The van der Waals surface area contributed by atoms with Gasteiger partial charge in [-0.25, -0.2) is 4.98 Å². The van der Waals surface area contributed by atoms with E-state index < -0.39 is 0 Å². The van der Waals surface area contributed by atoms with E-state index in [-0.39, 0.29) is 5.54 Å². The lowest BCUT2D eigenvalue weighted by Crippen LogP contribution is -2.31. The maximum absolute atomic E-state index is 4.60. The summed E-state index contributed by atoms with van der Waals surface area (Å²) in [6, 6.07) is 8.19. The zero-order valence-electron chi connectivity index (χ0n) is 10.4. The van der Waals surface area contributed by atoms with E-state index in [0.717, 1.165) is 23.4 Å². The van der Waals surface area contributed by atoms with Gasteiger partial charge in [0, 0.05) is 12.6 Å². The van der Waals surface area contributed by atoms with Crippen LogP contribution in [0.25, 0.3) is 11.0 Å². The average Bonchev–Trinajstić information content (AvgIpc) is 2.56. The van der Waals surface area contributed by atoms with E-state index in [1.54, 1.807) is 0 Å². The summed E-state index contributed by atoms with van der Waals surface area (Å²) in [7, 11) is 2.05. The third kappa shape index (κ3) is 1.90. The summed E-state index contributed by atoms with van der Waals surface area (Å²) in [4.78, 5) is 4.60. The Morgan fingerprint density at radius 3 is 2.62 bits per heavy atom. The van der Waals surface area contributed by atoms with Crippen molar-refractivity contribution in [3.63, 3.8) is 0 Å². The van der Waals surface area contributed by atoms with Gasteiger partial charge in [-0.1, -0.05) is 19.1 Å². The highest BCUT2D eigenvalue weighted by atomic mass is 15.2. The second-order valence-electron chi connectivity index (χ2n) is 4.85. The highest BCUT2D eigenvalue weighted by Gasteiger charge is 2.17. The number of aromatic nitrogens is 2. The van der Waals surface area contributed by atoms with Crippen LogP contribution in [0.5, 0.6) is 0 Å². The first-order valence-electron chi connectivity index (χ1n) is 5.73. The molecule has 1 aromatic heterocycles. The Morgan fingerprint density at radius 1 is 1.31 bits per heavy atom. The third-order valence-electron chi connectivity index (χ3n) is 3.12. The molecule has 1 aromatic carbocycles. The number of hydrogen-bond acceptors (Lipinski definition) is 2. The molecule has 0 bridgehead atoms. The quantitative estimate of drug-likeness (QED) is 0.855. The Bertz CT molecular complexity index is 497. The molecule has 0 radical (unpaired) electrons. The molecule has 1 N–H and O–H groups in total. The molecule has 86 valence electrons. The fourth-order valence-electron chi connectivity index (χ4n) is 1.65. The number of para-hydroxylation sites is 2. The van der Waals surface area contributed by atoms with Gasteiger partial charge in [0.25, 0.3) is 0 Å². The molecule has 0 amide bonds. The van der Waals surface area contributed by atoms with Gasteiger partial charge in [0.1, 0.15) is 0 Å². The van der Waals surface area contributed by atoms with Gasteiger partial charge in [0.2, 0.25) is 5.95 Å². The first kappa shape index (κ1) is 11.0. The molecular weight excluding hydrogens is 198 g/mol. The fraction of sp³-hybridized carbons (Fsp3) is 0.462. The molecule has 0 spiro atoms. The minimum Gasteiger partial charge on any atom is -0.351 e. The molecule has 0 aliphatic heterocycles. The van der Waals surface area contributed by atoms with Crippen LogP contribution in [0, 0.1) is 0 Å². The number of aryl methyl sites for hydroxylation is 1. The summed E-state index contributed by atoms with van der Waals surface area (Å²) in [6.07, 6.45) is 1.07. The van der Waals surface area contributed by atoms with E-state index in [0.29, 0.717) is 0 Å². The van der Waals surface area contributed by atoms with Crippen LogP contribution in [0.4, 0.5) is 5.95 Å².